The van der Waals surface area contributed by atoms with Crippen LogP contribution in [0.3, 0.4) is 0 Å². The smallest absolute Gasteiger partial charge is 0.304 e. The molecule has 0 atom stereocenters. The van der Waals surface area contributed by atoms with E-state index in [1.165, 1.54) is 11.3 Å². The van der Waals surface area contributed by atoms with Crippen LogP contribution in [0.25, 0.3) is 0 Å². The van der Waals surface area contributed by atoms with Crippen molar-refractivity contribution in [1.82, 2.24) is 4.72 Å². The van der Waals surface area contributed by atoms with E-state index in [9.17, 15) is 18.5 Å². The summed E-state index contributed by atoms with van der Waals surface area (Å²) in [5, 5.41) is 12.4. The number of sulfonamides is 1. The summed E-state index contributed by atoms with van der Waals surface area (Å²) >= 11 is 5.34. The van der Waals surface area contributed by atoms with E-state index in [0.717, 1.165) is 15.4 Å². The quantitative estimate of drug-likeness (QED) is 0.593. The Bertz CT molecular complexity index is 752. The number of nitrogen functional groups attached to an aromatic ring is 1. The van der Waals surface area contributed by atoms with E-state index < -0.39 is 20.6 Å². The third kappa shape index (κ3) is 3.35. The van der Waals surface area contributed by atoms with E-state index in [-0.39, 0.29) is 15.8 Å². The number of rotatable bonds is 5. The summed E-state index contributed by atoms with van der Waals surface area (Å²) in [5.74, 6) is 0. The zero-order chi connectivity index (χ0) is 14.9. The van der Waals surface area contributed by atoms with Gasteiger partial charge >= 0.3 is 5.69 Å². The van der Waals surface area contributed by atoms with E-state index in [4.69, 9.17) is 5.73 Å². The molecule has 7 nitrogen and oxygen atoms in total. The van der Waals surface area contributed by atoms with Gasteiger partial charge in [0.25, 0.3) is 10.0 Å². The summed E-state index contributed by atoms with van der Waals surface area (Å²) in [6.07, 6.45) is 0. The number of hydrogen-bond donors (Lipinski definition) is 2. The molecule has 0 spiro atoms. The molecule has 2 aromatic rings. The number of nitrogens with two attached hydrogens (primary N) is 1. The van der Waals surface area contributed by atoms with Crippen LogP contribution in [0.15, 0.2) is 26.2 Å². The minimum absolute atomic E-state index is 0.115. The van der Waals surface area contributed by atoms with Crippen LogP contribution in [0.2, 0.25) is 0 Å². The summed E-state index contributed by atoms with van der Waals surface area (Å²) in [4.78, 5) is 10.8. The number of anilines is 1. The van der Waals surface area contributed by atoms with E-state index in [2.05, 4.69) is 20.7 Å². The first-order valence-corrected chi connectivity index (χ1v) is 9.03. The number of nitrogens with one attached hydrogen (secondary N) is 1. The van der Waals surface area contributed by atoms with E-state index in [1.807, 2.05) is 5.38 Å². The van der Waals surface area contributed by atoms with Crippen LogP contribution in [0.1, 0.15) is 4.88 Å². The highest BCUT2D eigenvalue weighted by Gasteiger charge is 2.24. The van der Waals surface area contributed by atoms with Gasteiger partial charge in [-0.3, -0.25) is 10.1 Å². The normalized spacial score (nSPS) is 11.7. The molecule has 0 aliphatic carbocycles. The van der Waals surface area contributed by atoms with Gasteiger partial charge in [0.15, 0.2) is 5.00 Å². The van der Waals surface area contributed by atoms with Crippen molar-refractivity contribution in [2.75, 3.05) is 5.73 Å². The summed E-state index contributed by atoms with van der Waals surface area (Å²) < 4.78 is 27.1. The molecule has 0 fully saturated rings. The van der Waals surface area contributed by atoms with Crippen LogP contribution >= 0.6 is 38.6 Å². The maximum Gasteiger partial charge on any atom is 0.304 e. The topological polar surface area (TPSA) is 115 Å². The lowest BCUT2D eigenvalue weighted by Crippen LogP contribution is -2.21. The van der Waals surface area contributed by atoms with Gasteiger partial charge in [0.05, 0.1) is 4.92 Å². The van der Waals surface area contributed by atoms with Crippen molar-refractivity contribution in [1.29, 1.82) is 0 Å². The summed E-state index contributed by atoms with van der Waals surface area (Å²) in [5.41, 5.74) is 5.04. The molecule has 2 aromatic heterocycles. The molecule has 20 heavy (non-hydrogen) atoms. The molecule has 3 N–H and O–H groups in total. The molecule has 11 heteroatoms. The van der Waals surface area contributed by atoms with Gasteiger partial charge in [0.2, 0.25) is 0 Å². The monoisotopic (exact) mass is 397 g/mol. The lowest BCUT2D eigenvalue weighted by Gasteiger charge is -2.01. The highest BCUT2D eigenvalue weighted by Crippen LogP contribution is 2.34. The second-order valence-electron chi connectivity index (χ2n) is 3.63. The minimum Gasteiger partial charge on any atom is -0.385 e. The number of hydrogen-bond acceptors (Lipinski definition) is 7. The van der Waals surface area contributed by atoms with Crippen molar-refractivity contribution in [2.45, 2.75) is 10.8 Å². The van der Waals surface area contributed by atoms with Crippen LogP contribution in [-0.4, -0.2) is 13.3 Å². The number of nitrogens with zero attached hydrogens (tertiary/aromatic N) is 1. The molecule has 0 aliphatic heterocycles. The average Bonchev–Trinajstić information content (AvgIpc) is 2.93. The van der Waals surface area contributed by atoms with Crippen molar-refractivity contribution in [3.05, 3.63) is 37.0 Å². The third-order valence-corrected chi connectivity index (χ3v) is 6.76. The number of thiophene rings is 2. The fourth-order valence-electron chi connectivity index (χ4n) is 1.33. The molecule has 2 heterocycles. The van der Waals surface area contributed by atoms with E-state index in [0.29, 0.717) is 11.3 Å². The van der Waals surface area contributed by atoms with Crippen LogP contribution < -0.4 is 10.5 Å². The molecule has 0 aliphatic rings. The van der Waals surface area contributed by atoms with Gasteiger partial charge in [-0.05, 0) is 22.0 Å². The van der Waals surface area contributed by atoms with Gasteiger partial charge in [0.1, 0.15) is 4.21 Å². The molecule has 108 valence electrons. The van der Waals surface area contributed by atoms with Gasteiger partial charge in [-0.25, -0.2) is 13.1 Å². The Kier molecular flexibility index (Phi) is 4.44. The van der Waals surface area contributed by atoms with Gasteiger partial charge < -0.3 is 5.73 Å². The van der Waals surface area contributed by atoms with Crippen LogP contribution in [0, 0.1) is 10.1 Å². The van der Waals surface area contributed by atoms with Crippen LogP contribution in [-0.2, 0) is 16.6 Å². The Balaban J connectivity index is 2.18. The first-order valence-electron chi connectivity index (χ1n) is 5.06. The van der Waals surface area contributed by atoms with Crippen molar-refractivity contribution < 1.29 is 13.3 Å². The van der Waals surface area contributed by atoms with Gasteiger partial charge in [0, 0.05) is 27.3 Å². The Morgan fingerprint density at radius 3 is 2.65 bits per heavy atom. The maximum absolute atomic E-state index is 12.0. The van der Waals surface area contributed by atoms with E-state index in [1.54, 1.807) is 6.07 Å². The highest BCUT2D eigenvalue weighted by molar-refractivity contribution is 9.10. The lowest BCUT2D eigenvalue weighted by molar-refractivity contribution is -0.383. The predicted molar refractivity (Wildman–Crippen MR) is 81.4 cm³/mol. The van der Waals surface area contributed by atoms with Gasteiger partial charge in [-0.15, -0.1) is 11.3 Å². The predicted octanol–water partition coefficient (Wildman–Crippen LogP) is 2.54. The molecule has 2 rings (SSSR count). The Labute approximate surface area is 130 Å². The van der Waals surface area contributed by atoms with Gasteiger partial charge in [-0.2, -0.15) is 0 Å². The summed E-state index contributed by atoms with van der Waals surface area (Å²) in [7, 11) is -3.81. The molecule has 0 aromatic carbocycles. The SMILES string of the molecule is Nc1sc(S(=O)(=O)NCc2cc(Br)cs2)cc1[N+](=O)[O-]. The fourth-order valence-corrected chi connectivity index (χ4v) is 5.08. The Hall–Kier alpha value is -1.01. The third-order valence-electron chi connectivity index (χ3n) is 2.24. The zero-order valence-electron chi connectivity index (χ0n) is 9.70. The lowest BCUT2D eigenvalue weighted by atomic mass is 10.5. The fraction of sp³-hybridized carbons (Fsp3) is 0.111. The molecule has 0 bridgehead atoms. The largest absolute Gasteiger partial charge is 0.385 e. The highest BCUT2D eigenvalue weighted by atomic mass is 79.9. The molecule has 0 saturated heterocycles. The van der Waals surface area contributed by atoms with Crippen molar-refractivity contribution >= 4 is 59.3 Å². The van der Waals surface area contributed by atoms with Crippen LogP contribution in [0.5, 0.6) is 0 Å². The summed E-state index contributed by atoms with van der Waals surface area (Å²) in [6.45, 7) is 0.115. The molecule has 0 unspecified atom stereocenters. The molecule has 0 amide bonds. The average molecular weight is 398 g/mol. The van der Waals surface area contributed by atoms with E-state index >= 15 is 0 Å². The zero-order valence-corrected chi connectivity index (χ0v) is 13.7. The molecule has 0 saturated carbocycles. The second-order valence-corrected chi connectivity index (χ2v) is 8.62. The second kappa shape index (κ2) is 5.77. The molecular weight excluding hydrogens is 390 g/mol. The molecule has 0 radical (unpaired) electrons. The number of halogens is 1. The minimum atomic E-state index is -3.81. The van der Waals surface area contributed by atoms with Gasteiger partial charge in [-0.1, -0.05) is 11.3 Å². The van der Waals surface area contributed by atoms with Crippen molar-refractivity contribution in [3.63, 3.8) is 0 Å². The summed E-state index contributed by atoms with van der Waals surface area (Å²) in [6, 6.07) is 2.76. The molecular formula is C9H8BrN3O4S3. The van der Waals surface area contributed by atoms with Crippen molar-refractivity contribution in [3.8, 4) is 0 Å². The van der Waals surface area contributed by atoms with Crippen molar-refractivity contribution in [2.24, 2.45) is 0 Å². The first-order chi connectivity index (χ1) is 9.29. The Morgan fingerprint density at radius 1 is 1.45 bits per heavy atom. The standard InChI is InChI=1S/C9H8BrN3O4S3/c10-5-1-6(18-4-5)3-12-20(16,17)8-2-7(13(14)15)9(11)19-8/h1-2,4,12H,3,11H2. The number of nitro groups is 1. The Morgan fingerprint density at radius 2 is 2.15 bits per heavy atom. The maximum atomic E-state index is 12.0. The first kappa shape index (κ1) is 15.4. The van der Waals surface area contributed by atoms with Crippen LogP contribution in [0.4, 0.5) is 10.7 Å².